The van der Waals surface area contributed by atoms with Gasteiger partial charge in [-0.15, -0.1) is 6.42 Å². The molecule has 1 aliphatic heterocycles. The molecule has 0 aliphatic carbocycles. The first-order valence-electron chi connectivity index (χ1n) is 7.00. The Kier molecular flexibility index (Phi) is 5.11. The van der Waals surface area contributed by atoms with E-state index in [-0.39, 0.29) is 6.03 Å². The van der Waals surface area contributed by atoms with E-state index in [2.05, 4.69) is 11.2 Å². The summed E-state index contributed by atoms with van der Waals surface area (Å²) in [5, 5.41) is 13.5. The molecule has 0 bridgehead atoms. The van der Waals surface area contributed by atoms with Crippen molar-refractivity contribution < 1.29 is 9.90 Å². The lowest BCUT2D eigenvalue weighted by Gasteiger charge is -2.34. The summed E-state index contributed by atoms with van der Waals surface area (Å²) in [5.74, 6) is 2.40. The zero-order chi connectivity index (χ0) is 15.3. The number of terminal acetylenes is 1. The number of rotatable bonds is 3. The van der Waals surface area contributed by atoms with Crippen LogP contribution in [0.5, 0.6) is 0 Å². The summed E-state index contributed by atoms with van der Waals surface area (Å²) in [6, 6.07) is 7.46. The Bertz CT molecular complexity index is 528. The van der Waals surface area contributed by atoms with Crippen molar-refractivity contribution in [3.05, 3.63) is 34.9 Å². The highest BCUT2D eigenvalue weighted by molar-refractivity contribution is 6.30. The molecule has 1 saturated heterocycles. The summed E-state index contributed by atoms with van der Waals surface area (Å²) >= 11 is 5.82. The van der Waals surface area contributed by atoms with Crippen molar-refractivity contribution in [1.82, 2.24) is 10.2 Å². The van der Waals surface area contributed by atoms with Crippen LogP contribution >= 0.6 is 11.6 Å². The fourth-order valence-corrected chi connectivity index (χ4v) is 2.43. The molecule has 0 spiro atoms. The van der Waals surface area contributed by atoms with E-state index in [1.165, 1.54) is 0 Å². The van der Waals surface area contributed by atoms with Gasteiger partial charge >= 0.3 is 6.03 Å². The molecule has 4 nitrogen and oxygen atoms in total. The second-order valence-corrected chi connectivity index (χ2v) is 5.71. The van der Waals surface area contributed by atoms with E-state index >= 15 is 0 Å². The minimum absolute atomic E-state index is 0.108. The van der Waals surface area contributed by atoms with Gasteiger partial charge in [0.25, 0.3) is 0 Å². The molecule has 112 valence electrons. The molecule has 2 amide bonds. The van der Waals surface area contributed by atoms with Crippen LogP contribution in [0.15, 0.2) is 24.3 Å². The lowest BCUT2D eigenvalue weighted by molar-refractivity contribution is 0.0380. The van der Waals surface area contributed by atoms with E-state index in [0.717, 1.165) is 12.0 Å². The summed E-state index contributed by atoms with van der Waals surface area (Å²) in [7, 11) is 0. The highest BCUT2D eigenvalue weighted by Gasteiger charge is 2.31. The van der Waals surface area contributed by atoms with Crippen LogP contribution in [0.25, 0.3) is 0 Å². The minimum atomic E-state index is -1.06. The molecule has 2 N–H and O–H groups in total. The highest BCUT2D eigenvalue weighted by atomic mass is 35.5. The number of urea groups is 1. The average Bonchev–Trinajstić information content (AvgIpc) is 2.50. The summed E-state index contributed by atoms with van der Waals surface area (Å²) in [4.78, 5) is 13.7. The Morgan fingerprint density at radius 1 is 1.38 bits per heavy atom. The number of hydrogen-bond donors (Lipinski definition) is 2. The largest absolute Gasteiger partial charge is 0.377 e. The quantitative estimate of drug-likeness (QED) is 0.840. The van der Waals surface area contributed by atoms with Crippen molar-refractivity contribution >= 4 is 17.6 Å². The minimum Gasteiger partial charge on any atom is -0.377 e. The van der Waals surface area contributed by atoms with Crippen molar-refractivity contribution in [3.63, 3.8) is 0 Å². The van der Waals surface area contributed by atoms with E-state index in [0.29, 0.717) is 37.5 Å². The fourth-order valence-electron chi connectivity index (χ4n) is 2.30. The Hall–Kier alpha value is -1.70. The number of hydrogen-bond acceptors (Lipinski definition) is 2. The van der Waals surface area contributed by atoms with Gasteiger partial charge in [0.15, 0.2) is 0 Å². The van der Waals surface area contributed by atoms with Gasteiger partial charge in [0, 0.05) is 37.5 Å². The smallest absolute Gasteiger partial charge is 0.317 e. The number of likely N-dealkylation sites (tertiary alicyclic amines) is 1. The summed E-state index contributed by atoms with van der Waals surface area (Å²) < 4.78 is 0. The van der Waals surface area contributed by atoms with Crippen molar-refractivity contribution in [2.45, 2.75) is 24.9 Å². The van der Waals surface area contributed by atoms with Gasteiger partial charge in [-0.25, -0.2) is 4.79 Å². The zero-order valence-corrected chi connectivity index (χ0v) is 12.6. The SMILES string of the molecule is C#CC1(O)CCN(C(=O)NCCc2ccc(Cl)cc2)CC1. The molecule has 1 aromatic carbocycles. The van der Waals surface area contributed by atoms with E-state index in [1.54, 1.807) is 4.90 Å². The zero-order valence-electron chi connectivity index (χ0n) is 11.8. The molecule has 0 atom stereocenters. The first-order chi connectivity index (χ1) is 10.0. The molecule has 0 unspecified atom stereocenters. The predicted molar refractivity (Wildman–Crippen MR) is 83.1 cm³/mol. The number of nitrogens with one attached hydrogen (secondary N) is 1. The topological polar surface area (TPSA) is 52.6 Å². The van der Waals surface area contributed by atoms with Crippen LogP contribution in [-0.2, 0) is 6.42 Å². The van der Waals surface area contributed by atoms with Crippen LogP contribution in [0.1, 0.15) is 18.4 Å². The molecule has 0 radical (unpaired) electrons. The van der Waals surface area contributed by atoms with Gasteiger partial charge in [0.1, 0.15) is 5.60 Å². The molecular weight excluding hydrogens is 288 g/mol. The lowest BCUT2D eigenvalue weighted by atomic mass is 9.93. The number of piperidine rings is 1. The van der Waals surface area contributed by atoms with Gasteiger partial charge < -0.3 is 15.3 Å². The Balaban J connectivity index is 1.73. The van der Waals surface area contributed by atoms with Gasteiger partial charge in [0.2, 0.25) is 0 Å². The van der Waals surface area contributed by atoms with Crippen LogP contribution in [0.4, 0.5) is 4.79 Å². The monoisotopic (exact) mass is 306 g/mol. The number of benzene rings is 1. The van der Waals surface area contributed by atoms with E-state index in [4.69, 9.17) is 18.0 Å². The van der Waals surface area contributed by atoms with E-state index in [9.17, 15) is 9.90 Å². The molecule has 1 heterocycles. The van der Waals surface area contributed by atoms with Crippen molar-refractivity contribution in [1.29, 1.82) is 0 Å². The molecule has 5 heteroatoms. The van der Waals surface area contributed by atoms with Gasteiger partial charge in [-0.3, -0.25) is 0 Å². The predicted octanol–water partition coefficient (Wildman–Crippen LogP) is 2.05. The fraction of sp³-hybridized carbons (Fsp3) is 0.438. The van der Waals surface area contributed by atoms with Crippen LogP contribution in [0.2, 0.25) is 5.02 Å². The first kappa shape index (κ1) is 15.7. The third-order valence-electron chi connectivity index (χ3n) is 3.75. The van der Waals surface area contributed by atoms with E-state index in [1.807, 2.05) is 24.3 Å². The summed E-state index contributed by atoms with van der Waals surface area (Å²) in [5.41, 5.74) is 0.0696. The van der Waals surface area contributed by atoms with Gasteiger partial charge in [-0.1, -0.05) is 29.7 Å². The van der Waals surface area contributed by atoms with Gasteiger partial charge in [-0.05, 0) is 24.1 Å². The van der Waals surface area contributed by atoms with E-state index < -0.39 is 5.60 Å². The van der Waals surface area contributed by atoms with Crippen LogP contribution < -0.4 is 5.32 Å². The first-order valence-corrected chi connectivity index (χ1v) is 7.37. The molecule has 1 aliphatic rings. The summed E-state index contributed by atoms with van der Waals surface area (Å²) in [6.07, 6.45) is 6.89. The third kappa shape index (κ3) is 4.38. The number of halogens is 1. The number of aliphatic hydroxyl groups is 1. The van der Waals surface area contributed by atoms with Gasteiger partial charge in [0.05, 0.1) is 0 Å². The number of nitrogens with zero attached hydrogens (tertiary/aromatic N) is 1. The third-order valence-corrected chi connectivity index (χ3v) is 4.00. The molecule has 1 fully saturated rings. The molecule has 1 aromatic rings. The Morgan fingerprint density at radius 2 is 2.00 bits per heavy atom. The Morgan fingerprint density at radius 3 is 2.57 bits per heavy atom. The molecular formula is C16H19ClN2O2. The van der Waals surface area contributed by atoms with Crippen LogP contribution in [-0.4, -0.2) is 41.3 Å². The maximum atomic E-state index is 12.0. The highest BCUT2D eigenvalue weighted by Crippen LogP contribution is 2.20. The maximum absolute atomic E-state index is 12.0. The molecule has 21 heavy (non-hydrogen) atoms. The average molecular weight is 307 g/mol. The van der Waals surface area contributed by atoms with Gasteiger partial charge in [-0.2, -0.15) is 0 Å². The number of carbonyl (C=O) groups is 1. The lowest BCUT2D eigenvalue weighted by Crippen LogP contribution is -2.49. The standard InChI is InChI=1S/C16H19ClN2O2/c1-2-16(21)8-11-19(12-9-16)15(20)18-10-7-13-3-5-14(17)6-4-13/h1,3-6,21H,7-12H2,(H,18,20). The molecule has 0 aromatic heterocycles. The van der Waals surface area contributed by atoms with Crippen LogP contribution in [0.3, 0.4) is 0 Å². The normalized spacial score (nSPS) is 17.1. The summed E-state index contributed by atoms with van der Waals surface area (Å²) in [6.45, 7) is 1.53. The van der Waals surface area contributed by atoms with Crippen molar-refractivity contribution in [2.24, 2.45) is 0 Å². The second-order valence-electron chi connectivity index (χ2n) is 5.27. The Labute approximate surface area is 130 Å². The number of carbonyl (C=O) groups excluding carboxylic acids is 1. The van der Waals surface area contributed by atoms with Crippen molar-refractivity contribution in [3.8, 4) is 12.3 Å². The van der Waals surface area contributed by atoms with Crippen molar-refractivity contribution in [2.75, 3.05) is 19.6 Å². The number of amides is 2. The van der Waals surface area contributed by atoms with Crippen LogP contribution in [0, 0.1) is 12.3 Å². The molecule has 0 saturated carbocycles. The maximum Gasteiger partial charge on any atom is 0.317 e. The molecule has 2 rings (SSSR count). The second kappa shape index (κ2) is 6.84.